The molecular weight excluding hydrogens is 540 g/mol. The predicted molar refractivity (Wildman–Crippen MR) is 165 cm³/mol. The van der Waals surface area contributed by atoms with Gasteiger partial charge in [-0.2, -0.15) is 0 Å². The van der Waals surface area contributed by atoms with Gasteiger partial charge in [0.2, 0.25) is 0 Å². The van der Waals surface area contributed by atoms with Crippen molar-refractivity contribution in [3.05, 3.63) is 107 Å². The smallest absolute Gasteiger partial charge is 0.332 e. The number of fused-ring (bicyclic) bond motifs is 4. The number of anilines is 1. The van der Waals surface area contributed by atoms with Crippen LogP contribution in [0.15, 0.2) is 84.4 Å². The molecule has 218 valence electrons. The number of imide groups is 1. The molecule has 1 unspecified atom stereocenters. The molecule has 3 heterocycles. The Morgan fingerprint density at radius 1 is 1.00 bits per heavy atom. The maximum absolute atomic E-state index is 14.1. The number of amides is 4. The van der Waals surface area contributed by atoms with Crippen molar-refractivity contribution in [1.29, 1.82) is 0 Å². The second kappa shape index (κ2) is 11.1. The summed E-state index contributed by atoms with van der Waals surface area (Å²) in [6, 6.07) is 20.9. The van der Waals surface area contributed by atoms with Gasteiger partial charge in [0.05, 0.1) is 12.8 Å². The first-order valence-corrected chi connectivity index (χ1v) is 15.0. The van der Waals surface area contributed by atoms with E-state index in [2.05, 4.69) is 22.4 Å². The van der Waals surface area contributed by atoms with E-state index in [1.54, 1.807) is 36.3 Å². The molecule has 0 bridgehead atoms. The van der Waals surface area contributed by atoms with Crippen molar-refractivity contribution in [2.75, 3.05) is 18.6 Å². The molecule has 1 fully saturated rings. The average molecular weight is 575 g/mol. The Bertz CT molecular complexity index is 1740. The van der Waals surface area contributed by atoms with Gasteiger partial charge >= 0.3 is 6.03 Å². The van der Waals surface area contributed by atoms with Crippen LogP contribution in [0.4, 0.5) is 10.5 Å². The topological polar surface area (TPSA) is 94.7 Å². The Morgan fingerprint density at radius 3 is 2.53 bits per heavy atom. The van der Waals surface area contributed by atoms with Crippen molar-refractivity contribution >= 4 is 34.4 Å². The molecule has 2 atom stereocenters. The number of hydrogen-bond acceptors (Lipinski definition) is 4. The fraction of sp³-hybridized carbons (Fsp3) is 0.286. The zero-order chi connectivity index (χ0) is 29.5. The van der Waals surface area contributed by atoms with Gasteiger partial charge in [0.25, 0.3) is 11.8 Å². The van der Waals surface area contributed by atoms with E-state index in [0.717, 1.165) is 47.0 Å². The minimum atomic E-state index is -0.650. The van der Waals surface area contributed by atoms with Gasteiger partial charge in [-0.1, -0.05) is 42.0 Å². The van der Waals surface area contributed by atoms with Crippen molar-refractivity contribution < 1.29 is 19.1 Å². The van der Waals surface area contributed by atoms with Gasteiger partial charge < -0.3 is 15.0 Å². The summed E-state index contributed by atoms with van der Waals surface area (Å²) >= 11 is 0. The van der Waals surface area contributed by atoms with E-state index in [1.165, 1.54) is 23.3 Å². The molecule has 8 heteroatoms. The van der Waals surface area contributed by atoms with Crippen LogP contribution >= 0.6 is 0 Å². The summed E-state index contributed by atoms with van der Waals surface area (Å²) in [7, 11) is 1.62. The lowest BCUT2D eigenvalue weighted by Crippen LogP contribution is -2.44. The van der Waals surface area contributed by atoms with Crippen LogP contribution in [0, 0.1) is 0 Å². The molecule has 1 aliphatic carbocycles. The van der Waals surface area contributed by atoms with E-state index in [-0.39, 0.29) is 17.8 Å². The Labute approximate surface area is 250 Å². The maximum Gasteiger partial charge on any atom is 0.332 e. The van der Waals surface area contributed by atoms with E-state index in [4.69, 9.17) is 4.74 Å². The number of carbonyl (C=O) groups is 3. The molecule has 1 saturated heterocycles. The largest absolute Gasteiger partial charge is 0.497 e. The minimum Gasteiger partial charge on any atom is -0.497 e. The fourth-order valence-electron chi connectivity index (χ4n) is 6.78. The summed E-state index contributed by atoms with van der Waals surface area (Å²) in [5, 5.41) is 4.06. The first-order valence-electron chi connectivity index (χ1n) is 15.0. The lowest BCUT2D eigenvalue weighted by molar-refractivity contribution is -0.120. The lowest BCUT2D eigenvalue weighted by atomic mass is 9.89. The fourth-order valence-corrected chi connectivity index (χ4v) is 6.78. The number of methoxy groups -OCH3 is 1. The standard InChI is InChI=1S/C35H34N4O4/c1-43-26-17-13-23(14-18-26)32-31-28(27-9-5-6-10-29(27)37-31)21-30-34(41)38(35(42)39(30)32)25-15-11-24(12-16-25)33(40)36-20-19-22-7-3-2-4-8-22/h5-7,9-18,30,32,37H,2-4,8,19-21H2,1H3,(H,36,40)/t30-,32?/m0/s1. The van der Waals surface area contributed by atoms with Gasteiger partial charge in [-0.05, 0) is 85.7 Å². The molecule has 1 aromatic heterocycles. The average Bonchev–Trinajstić information content (AvgIpc) is 3.54. The molecule has 8 nitrogen and oxygen atoms in total. The SMILES string of the molecule is COc1ccc(C2c3[nH]c4ccccc4c3C[C@H]3C(=O)N(c4ccc(C(=O)NCCC5=CCCCC5)cc4)C(=O)N23)cc1. The molecule has 2 aliphatic heterocycles. The number of hydrogen-bond donors (Lipinski definition) is 2. The van der Waals surface area contributed by atoms with Gasteiger partial charge in [0.1, 0.15) is 17.8 Å². The molecule has 7 rings (SSSR count). The number of nitrogens with one attached hydrogen (secondary N) is 2. The molecule has 43 heavy (non-hydrogen) atoms. The number of nitrogens with zero attached hydrogens (tertiary/aromatic N) is 2. The van der Waals surface area contributed by atoms with Crippen LogP contribution in [-0.2, 0) is 11.2 Å². The Kier molecular flexibility index (Phi) is 6.97. The summed E-state index contributed by atoms with van der Waals surface area (Å²) < 4.78 is 5.37. The molecule has 4 amide bonds. The zero-order valence-electron chi connectivity index (χ0n) is 24.1. The van der Waals surface area contributed by atoms with Crippen molar-refractivity contribution in [2.24, 2.45) is 0 Å². The van der Waals surface area contributed by atoms with Crippen molar-refractivity contribution in [2.45, 2.75) is 50.6 Å². The quantitative estimate of drug-likeness (QED) is 0.201. The van der Waals surface area contributed by atoms with Gasteiger partial charge in [-0.25, -0.2) is 9.69 Å². The van der Waals surface area contributed by atoms with Gasteiger partial charge in [-0.3, -0.25) is 14.5 Å². The monoisotopic (exact) mass is 574 g/mol. The summed E-state index contributed by atoms with van der Waals surface area (Å²) in [6.45, 7) is 0.591. The molecule has 4 aromatic rings. The van der Waals surface area contributed by atoms with E-state index >= 15 is 0 Å². The van der Waals surface area contributed by atoms with Gasteiger partial charge in [-0.15, -0.1) is 0 Å². The van der Waals surface area contributed by atoms with Crippen molar-refractivity contribution in [3.63, 3.8) is 0 Å². The van der Waals surface area contributed by atoms with E-state index in [1.807, 2.05) is 42.5 Å². The van der Waals surface area contributed by atoms with E-state index in [0.29, 0.717) is 30.0 Å². The minimum absolute atomic E-state index is 0.163. The van der Waals surface area contributed by atoms with Crippen LogP contribution in [0.1, 0.15) is 65.3 Å². The molecule has 0 radical (unpaired) electrons. The number of carbonyl (C=O) groups excluding carboxylic acids is 3. The third-order valence-corrected chi connectivity index (χ3v) is 8.99. The molecule has 0 saturated carbocycles. The van der Waals surface area contributed by atoms with Crippen LogP contribution in [0.25, 0.3) is 10.9 Å². The normalized spacial score (nSPS) is 19.7. The summed E-state index contributed by atoms with van der Waals surface area (Å²) in [5.41, 5.74) is 6.20. The van der Waals surface area contributed by atoms with Crippen LogP contribution in [0.2, 0.25) is 0 Å². The Balaban J connectivity index is 1.16. The number of H-pyrrole nitrogens is 1. The maximum atomic E-state index is 14.1. The number of para-hydroxylation sites is 1. The number of allylic oxidation sites excluding steroid dienone is 1. The van der Waals surface area contributed by atoms with Crippen LogP contribution < -0.4 is 15.0 Å². The lowest BCUT2D eigenvalue weighted by Gasteiger charge is -2.36. The highest BCUT2D eigenvalue weighted by Crippen LogP contribution is 2.45. The van der Waals surface area contributed by atoms with Crippen LogP contribution in [0.3, 0.4) is 0 Å². The first-order chi connectivity index (χ1) is 21.0. The predicted octanol–water partition coefficient (Wildman–Crippen LogP) is 6.28. The molecule has 3 aromatic carbocycles. The molecule has 3 aliphatic rings. The van der Waals surface area contributed by atoms with Crippen molar-refractivity contribution in [1.82, 2.24) is 15.2 Å². The second-order valence-electron chi connectivity index (χ2n) is 11.5. The summed E-state index contributed by atoms with van der Waals surface area (Å²) in [6.07, 6.45) is 8.28. The Morgan fingerprint density at radius 2 is 1.79 bits per heavy atom. The highest BCUT2D eigenvalue weighted by molar-refractivity contribution is 6.22. The first kappa shape index (κ1) is 27.0. The van der Waals surface area contributed by atoms with Crippen LogP contribution in [-0.4, -0.2) is 47.4 Å². The van der Waals surface area contributed by atoms with Crippen LogP contribution in [0.5, 0.6) is 5.75 Å². The highest BCUT2D eigenvalue weighted by atomic mass is 16.5. The number of urea groups is 1. The van der Waals surface area contributed by atoms with Gasteiger partial charge in [0.15, 0.2) is 0 Å². The molecule has 2 N–H and O–H groups in total. The highest BCUT2D eigenvalue weighted by Gasteiger charge is 2.53. The zero-order valence-corrected chi connectivity index (χ0v) is 24.1. The van der Waals surface area contributed by atoms with E-state index in [9.17, 15) is 14.4 Å². The summed E-state index contributed by atoms with van der Waals surface area (Å²) in [4.78, 5) is 47.4. The number of aromatic amines is 1. The summed E-state index contributed by atoms with van der Waals surface area (Å²) in [5.74, 6) is 0.287. The molecule has 0 spiro atoms. The molecular formula is C35H34N4O4. The van der Waals surface area contributed by atoms with Crippen molar-refractivity contribution in [3.8, 4) is 5.75 Å². The second-order valence-corrected chi connectivity index (χ2v) is 11.5. The Hall–Kier alpha value is -4.85. The third-order valence-electron chi connectivity index (χ3n) is 8.99. The van der Waals surface area contributed by atoms with E-state index < -0.39 is 12.1 Å². The number of ether oxygens (including phenoxy) is 1. The third kappa shape index (κ3) is 4.76. The number of benzene rings is 3. The number of aromatic nitrogens is 1. The number of rotatable bonds is 7. The van der Waals surface area contributed by atoms with Gasteiger partial charge in [0, 0.05) is 35.1 Å².